The Labute approximate surface area is 117 Å². The number of hydrogen-bond donors (Lipinski definition) is 0. The van der Waals surface area contributed by atoms with Gasteiger partial charge in [-0.1, -0.05) is 12.7 Å². The van der Waals surface area contributed by atoms with E-state index in [9.17, 15) is 14.4 Å². The molecule has 0 spiro atoms. The zero-order valence-electron chi connectivity index (χ0n) is 11.6. The first-order valence-corrected chi connectivity index (χ1v) is 6.17. The van der Waals surface area contributed by atoms with Gasteiger partial charge in [0.05, 0.1) is 19.3 Å². The maximum absolute atomic E-state index is 12.0. The van der Waals surface area contributed by atoms with Gasteiger partial charge in [0.25, 0.3) is 0 Å². The largest absolute Gasteiger partial charge is 0.468 e. The van der Waals surface area contributed by atoms with Crippen LogP contribution in [-0.4, -0.2) is 38.2 Å². The van der Waals surface area contributed by atoms with Gasteiger partial charge in [0.15, 0.2) is 5.41 Å². The number of carbonyl (C=O) groups is 3. The lowest BCUT2D eigenvalue weighted by Gasteiger charge is -2.14. The van der Waals surface area contributed by atoms with Crippen LogP contribution >= 0.6 is 0 Å². The van der Waals surface area contributed by atoms with Crippen molar-refractivity contribution in [2.75, 3.05) is 20.3 Å². The van der Waals surface area contributed by atoms with Gasteiger partial charge in [-0.3, -0.25) is 9.59 Å². The first-order valence-electron chi connectivity index (χ1n) is 6.17. The van der Waals surface area contributed by atoms with Crippen LogP contribution in [0.4, 0.5) is 0 Å². The minimum absolute atomic E-state index is 0.0102. The Morgan fingerprint density at radius 1 is 1.30 bits per heavy atom. The molecule has 1 aliphatic rings. The summed E-state index contributed by atoms with van der Waals surface area (Å²) < 4.78 is 14.3. The summed E-state index contributed by atoms with van der Waals surface area (Å²) >= 11 is 0. The second kappa shape index (κ2) is 6.36. The summed E-state index contributed by atoms with van der Waals surface area (Å²) in [6, 6.07) is 0. The highest BCUT2D eigenvalue weighted by Crippen LogP contribution is 2.55. The molecular formula is C14H18O6. The molecule has 6 nitrogen and oxygen atoms in total. The molecule has 1 fully saturated rings. The van der Waals surface area contributed by atoms with Crippen molar-refractivity contribution in [1.82, 2.24) is 0 Å². The molecule has 0 bridgehead atoms. The van der Waals surface area contributed by atoms with Crippen LogP contribution in [0, 0.1) is 11.3 Å². The normalized spacial score (nSPS) is 23.4. The zero-order valence-corrected chi connectivity index (χ0v) is 11.6. The molecule has 1 saturated carbocycles. The smallest absolute Gasteiger partial charge is 0.336 e. The van der Waals surface area contributed by atoms with Crippen LogP contribution in [0.3, 0.4) is 0 Å². The first kappa shape index (κ1) is 15.9. The Bertz CT molecular complexity index is 453. The number of carbonyl (C=O) groups excluding carboxylic acids is 3. The third-order valence-corrected chi connectivity index (χ3v) is 3.15. The van der Waals surface area contributed by atoms with Crippen molar-refractivity contribution in [2.45, 2.75) is 13.3 Å². The van der Waals surface area contributed by atoms with Crippen molar-refractivity contribution >= 4 is 17.9 Å². The van der Waals surface area contributed by atoms with Crippen molar-refractivity contribution in [2.24, 2.45) is 11.3 Å². The molecule has 20 heavy (non-hydrogen) atoms. The van der Waals surface area contributed by atoms with Crippen LogP contribution in [0.25, 0.3) is 0 Å². The summed E-state index contributed by atoms with van der Waals surface area (Å²) in [6.45, 7) is 8.56. The number of esters is 3. The maximum Gasteiger partial charge on any atom is 0.336 e. The Kier molecular flexibility index (Phi) is 5.07. The summed E-state index contributed by atoms with van der Waals surface area (Å²) in [5.74, 6) is -2.34. The third kappa shape index (κ3) is 2.89. The van der Waals surface area contributed by atoms with E-state index in [-0.39, 0.29) is 24.7 Å². The highest BCUT2D eigenvalue weighted by Gasteiger charge is 2.66. The Morgan fingerprint density at radius 2 is 1.95 bits per heavy atom. The number of rotatable bonds is 7. The van der Waals surface area contributed by atoms with E-state index in [1.165, 1.54) is 13.2 Å². The second-order valence-corrected chi connectivity index (χ2v) is 4.41. The van der Waals surface area contributed by atoms with Crippen LogP contribution in [0.5, 0.6) is 0 Å². The first-order chi connectivity index (χ1) is 9.43. The van der Waals surface area contributed by atoms with E-state index in [0.717, 1.165) is 0 Å². The fourth-order valence-corrected chi connectivity index (χ4v) is 1.88. The molecule has 6 heteroatoms. The second-order valence-electron chi connectivity index (χ2n) is 4.41. The van der Waals surface area contributed by atoms with Crippen LogP contribution in [-0.2, 0) is 28.6 Å². The van der Waals surface area contributed by atoms with E-state index in [4.69, 9.17) is 9.47 Å². The topological polar surface area (TPSA) is 78.9 Å². The summed E-state index contributed by atoms with van der Waals surface area (Å²) in [6.07, 6.45) is 1.81. The number of allylic oxidation sites excluding steroid dienone is 1. The van der Waals surface area contributed by atoms with E-state index >= 15 is 0 Å². The van der Waals surface area contributed by atoms with Crippen molar-refractivity contribution in [3.8, 4) is 0 Å². The number of ether oxygens (including phenoxy) is 3. The standard InChI is InChI=1S/C14H18O6/c1-5-10-7-14(10,12(16)18-4)13(17)20-8-9(3)11(15)19-6-2/h5,10H,1,3,6-8H2,2,4H3. The van der Waals surface area contributed by atoms with Gasteiger partial charge in [0.2, 0.25) is 0 Å². The fourth-order valence-electron chi connectivity index (χ4n) is 1.88. The molecule has 0 radical (unpaired) electrons. The van der Waals surface area contributed by atoms with E-state index in [2.05, 4.69) is 17.9 Å². The molecule has 0 amide bonds. The average molecular weight is 282 g/mol. The molecule has 0 heterocycles. The highest BCUT2D eigenvalue weighted by atomic mass is 16.6. The SMILES string of the molecule is C=CC1CC1(C(=O)OC)C(=O)OCC(=C)C(=O)OCC. The summed E-state index contributed by atoms with van der Waals surface area (Å²) in [4.78, 5) is 35.0. The van der Waals surface area contributed by atoms with E-state index < -0.39 is 23.3 Å². The number of hydrogen-bond acceptors (Lipinski definition) is 6. The predicted octanol–water partition coefficient (Wildman–Crippen LogP) is 1.01. The van der Waals surface area contributed by atoms with Gasteiger partial charge in [-0.15, -0.1) is 6.58 Å². The van der Waals surface area contributed by atoms with Crippen molar-refractivity contribution in [1.29, 1.82) is 0 Å². The molecule has 0 aromatic rings. The predicted molar refractivity (Wildman–Crippen MR) is 69.5 cm³/mol. The van der Waals surface area contributed by atoms with Crippen LogP contribution in [0.1, 0.15) is 13.3 Å². The Hall–Kier alpha value is -2.11. The minimum Gasteiger partial charge on any atom is -0.468 e. The van der Waals surface area contributed by atoms with E-state index in [1.54, 1.807) is 6.92 Å². The molecule has 2 unspecified atom stereocenters. The van der Waals surface area contributed by atoms with Crippen molar-refractivity contribution in [3.63, 3.8) is 0 Å². The fraction of sp³-hybridized carbons (Fsp3) is 0.500. The van der Waals surface area contributed by atoms with Gasteiger partial charge in [-0.25, -0.2) is 4.79 Å². The monoisotopic (exact) mass is 282 g/mol. The van der Waals surface area contributed by atoms with Gasteiger partial charge in [0.1, 0.15) is 6.61 Å². The van der Waals surface area contributed by atoms with Crippen LogP contribution in [0.2, 0.25) is 0 Å². The Balaban J connectivity index is 2.62. The Morgan fingerprint density at radius 3 is 2.40 bits per heavy atom. The van der Waals surface area contributed by atoms with Gasteiger partial charge in [-0.2, -0.15) is 0 Å². The van der Waals surface area contributed by atoms with Gasteiger partial charge >= 0.3 is 17.9 Å². The molecule has 110 valence electrons. The summed E-state index contributed by atoms with van der Waals surface area (Å²) in [7, 11) is 1.20. The van der Waals surface area contributed by atoms with Gasteiger partial charge < -0.3 is 14.2 Å². The van der Waals surface area contributed by atoms with E-state index in [0.29, 0.717) is 6.42 Å². The minimum atomic E-state index is -1.33. The lowest BCUT2D eigenvalue weighted by atomic mass is 10.0. The molecule has 1 rings (SSSR count). The quantitative estimate of drug-likeness (QED) is 0.228. The van der Waals surface area contributed by atoms with Gasteiger partial charge in [0, 0.05) is 5.92 Å². The molecule has 0 aliphatic heterocycles. The third-order valence-electron chi connectivity index (χ3n) is 3.15. The molecule has 0 N–H and O–H groups in total. The van der Waals surface area contributed by atoms with Crippen molar-refractivity contribution in [3.05, 3.63) is 24.8 Å². The molecule has 1 aliphatic carbocycles. The number of methoxy groups -OCH3 is 1. The highest BCUT2D eigenvalue weighted by molar-refractivity contribution is 6.04. The van der Waals surface area contributed by atoms with E-state index in [1.807, 2.05) is 0 Å². The molecule has 0 aromatic heterocycles. The molecule has 0 aromatic carbocycles. The zero-order chi connectivity index (χ0) is 15.3. The van der Waals surface area contributed by atoms with Crippen LogP contribution < -0.4 is 0 Å². The molecule has 2 atom stereocenters. The lowest BCUT2D eigenvalue weighted by molar-refractivity contribution is -0.163. The summed E-state index contributed by atoms with van der Waals surface area (Å²) in [5.41, 5.74) is -1.32. The lowest BCUT2D eigenvalue weighted by Crippen LogP contribution is -2.31. The van der Waals surface area contributed by atoms with Crippen molar-refractivity contribution < 1.29 is 28.6 Å². The molecule has 0 saturated heterocycles. The average Bonchev–Trinajstić information content (AvgIpc) is 3.19. The molecular weight excluding hydrogens is 264 g/mol. The summed E-state index contributed by atoms with van der Waals surface area (Å²) in [5, 5.41) is 0. The maximum atomic E-state index is 12.0. The van der Waals surface area contributed by atoms with Crippen LogP contribution in [0.15, 0.2) is 24.8 Å². The van der Waals surface area contributed by atoms with Gasteiger partial charge in [-0.05, 0) is 13.3 Å².